The summed E-state index contributed by atoms with van der Waals surface area (Å²) in [5.74, 6) is -0.471. The largest absolute Gasteiger partial charge is 0.478 e. The summed E-state index contributed by atoms with van der Waals surface area (Å²) in [6.07, 6.45) is 5.43. The molecule has 1 saturated heterocycles. The number of hydrogen-bond acceptors (Lipinski definition) is 4. The third-order valence-corrected chi connectivity index (χ3v) is 3.22. The van der Waals surface area contributed by atoms with E-state index < -0.39 is 5.97 Å². The molecular weight excluding hydrogens is 208 g/mol. The minimum Gasteiger partial charge on any atom is -0.478 e. The highest BCUT2D eigenvalue weighted by Gasteiger charge is 2.24. The first kappa shape index (κ1) is 11.1. The highest BCUT2D eigenvalue weighted by atomic mass is 16.5. The van der Waals surface area contributed by atoms with Crippen LogP contribution in [0, 0.1) is 0 Å². The van der Waals surface area contributed by atoms with Crippen LogP contribution in [0.5, 0.6) is 0 Å². The van der Waals surface area contributed by atoms with Crippen LogP contribution >= 0.6 is 0 Å². The number of aromatic carboxylic acids is 1. The lowest BCUT2D eigenvalue weighted by molar-refractivity contribution is 0.0693. The Balaban J connectivity index is 2.07. The predicted octanol–water partition coefficient (Wildman–Crippen LogP) is 1.40. The summed E-state index contributed by atoms with van der Waals surface area (Å²) in [6.45, 7) is 1.07. The molecule has 1 aliphatic heterocycles. The number of piperidine rings is 1. The molecule has 2 rings (SSSR count). The quantitative estimate of drug-likeness (QED) is 0.840. The third-order valence-electron chi connectivity index (χ3n) is 3.22. The van der Waals surface area contributed by atoms with Crippen molar-refractivity contribution in [3.8, 4) is 0 Å². The minimum absolute atomic E-state index is 0.193. The summed E-state index contributed by atoms with van der Waals surface area (Å²) in [5.41, 5.74) is 0.193. The van der Waals surface area contributed by atoms with Gasteiger partial charge in [0.15, 0.2) is 5.76 Å². The summed E-state index contributed by atoms with van der Waals surface area (Å²) >= 11 is 0. The molecule has 1 atom stereocenters. The van der Waals surface area contributed by atoms with Crippen LogP contribution in [0.25, 0.3) is 0 Å². The lowest BCUT2D eigenvalue weighted by Crippen LogP contribution is -2.37. The Kier molecular flexibility index (Phi) is 3.24. The molecule has 0 saturated carbocycles. The van der Waals surface area contributed by atoms with Gasteiger partial charge in [0.2, 0.25) is 0 Å². The normalized spacial score (nSPS) is 22.2. The number of likely N-dealkylation sites (tertiary alicyclic amines) is 1. The maximum absolute atomic E-state index is 10.9. The Labute approximate surface area is 94.0 Å². The maximum Gasteiger partial charge on any atom is 0.340 e. The first-order chi connectivity index (χ1) is 7.68. The van der Waals surface area contributed by atoms with E-state index in [1.54, 1.807) is 0 Å². The molecule has 5 nitrogen and oxygen atoms in total. The van der Waals surface area contributed by atoms with Gasteiger partial charge >= 0.3 is 5.97 Å². The number of carbonyl (C=O) groups is 1. The van der Waals surface area contributed by atoms with Crippen molar-refractivity contribution in [3.05, 3.63) is 17.5 Å². The highest BCUT2D eigenvalue weighted by Crippen LogP contribution is 2.20. The average molecular weight is 224 g/mol. The van der Waals surface area contributed by atoms with Crippen molar-refractivity contribution in [3.63, 3.8) is 0 Å². The van der Waals surface area contributed by atoms with E-state index >= 15 is 0 Å². The van der Waals surface area contributed by atoms with Gasteiger partial charge in [0.05, 0.1) is 6.20 Å². The Morgan fingerprint density at radius 3 is 3.19 bits per heavy atom. The SMILES string of the molecule is CN1CCCCC1Cc1oncc1C(=O)O. The van der Waals surface area contributed by atoms with Gasteiger partial charge in [0.1, 0.15) is 5.56 Å². The fraction of sp³-hybridized carbons (Fsp3) is 0.636. The zero-order chi connectivity index (χ0) is 11.5. The fourth-order valence-corrected chi connectivity index (χ4v) is 2.20. The van der Waals surface area contributed by atoms with E-state index in [4.69, 9.17) is 9.63 Å². The van der Waals surface area contributed by atoms with E-state index in [1.807, 2.05) is 0 Å². The lowest BCUT2D eigenvalue weighted by atomic mass is 9.98. The van der Waals surface area contributed by atoms with Crippen LogP contribution in [0.2, 0.25) is 0 Å². The molecule has 2 heterocycles. The number of nitrogens with zero attached hydrogens (tertiary/aromatic N) is 2. The van der Waals surface area contributed by atoms with Crippen molar-refractivity contribution < 1.29 is 14.4 Å². The number of hydrogen-bond donors (Lipinski definition) is 1. The molecule has 0 aliphatic carbocycles. The average Bonchev–Trinajstić information content (AvgIpc) is 2.69. The van der Waals surface area contributed by atoms with E-state index in [9.17, 15) is 4.79 Å². The highest BCUT2D eigenvalue weighted by molar-refractivity contribution is 5.88. The van der Waals surface area contributed by atoms with E-state index in [2.05, 4.69) is 17.1 Å². The molecule has 0 bridgehead atoms. The van der Waals surface area contributed by atoms with Crippen molar-refractivity contribution in [1.82, 2.24) is 10.1 Å². The zero-order valence-corrected chi connectivity index (χ0v) is 9.35. The van der Waals surface area contributed by atoms with Gasteiger partial charge < -0.3 is 14.5 Å². The molecule has 1 unspecified atom stereocenters. The Morgan fingerprint density at radius 2 is 2.50 bits per heavy atom. The summed E-state index contributed by atoms with van der Waals surface area (Å²) in [7, 11) is 2.07. The van der Waals surface area contributed by atoms with Gasteiger partial charge in [-0.2, -0.15) is 0 Å². The van der Waals surface area contributed by atoms with Crippen LogP contribution in [0.3, 0.4) is 0 Å². The molecule has 88 valence electrons. The van der Waals surface area contributed by atoms with Crippen LogP contribution in [0.1, 0.15) is 35.4 Å². The van der Waals surface area contributed by atoms with Gasteiger partial charge in [0.25, 0.3) is 0 Å². The van der Waals surface area contributed by atoms with E-state index in [-0.39, 0.29) is 5.56 Å². The first-order valence-corrected chi connectivity index (χ1v) is 5.55. The topological polar surface area (TPSA) is 66.6 Å². The molecule has 5 heteroatoms. The standard InChI is InChI=1S/C11H16N2O3/c1-13-5-3-2-4-8(13)6-10-9(11(14)15)7-12-16-10/h7-8H,2-6H2,1H3,(H,14,15). The molecule has 0 amide bonds. The Morgan fingerprint density at radius 1 is 1.69 bits per heavy atom. The van der Waals surface area contributed by atoms with Crippen molar-refractivity contribution in [2.45, 2.75) is 31.7 Å². The monoisotopic (exact) mass is 224 g/mol. The van der Waals surface area contributed by atoms with Crippen molar-refractivity contribution >= 4 is 5.97 Å². The smallest absolute Gasteiger partial charge is 0.340 e. The number of carboxylic acid groups (broad SMARTS) is 1. The van der Waals surface area contributed by atoms with Gasteiger partial charge in [-0.15, -0.1) is 0 Å². The Bertz CT molecular complexity index is 375. The molecule has 16 heavy (non-hydrogen) atoms. The van der Waals surface area contributed by atoms with Crippen LogP contribution in [0.4, 0.5) is 0 Å². The predicted molar refractivity (Wildman–Crippen MR) is 57.4 cm³/mol. The fourth-order valence-electron chi connectivity index (χ4n) is 2.20. The maximum atomic E-state index is 10.9. The minimum atomic E-state index is -0.963. The van der Waals surface area contributed by atoms with Crippen LogP contribution in [0.15, 0.2) is 10.7 Å². The van der Waals surface area contributed by atoms with Crippen molar-refractivity contribution in [2.24, 2.45) is 0 Å². The van der Waals surface area contributed by atoms with Gasteiger partial charge in [-0.25, -0.2) is 4.79 Å². The van der Waals surface area contributed by atoms with Gasteiger partial charge in [-0.05, 0) is 26.4 Å². The van der Waals surface area contributed by atoms with E-state index in [1.165, 1.54) is 19.0 Å². The lowest BCUT2D eigenvalue weighted by Gasteiger charge is -2.31. The zero-order valence-electron chi connectivity index (χ0n) is 9.35. The van der Waals surface area contributed by atoms with E-state index in [0.29, 0.717) is 18.2 Å². The van der Waals surface area contributed by atoms with Crippen LogP contribution in [-0.2, 0) is 6.42 Å². The molecule has 1 aromatic heterocycles. The second-order valence-electron chi connectivity index (χ2n) is 4.30. The second-order valence-corrected chi connectivity index (χ2v) is 4.30. The second kappa shape index (κ2) is 4.65. The summed E-state index contributed by atoms with van der Waals surface area (Å²) in [5, 5.41) is 12.5. The number of likely N-dealkylation sites (N-methyl/N-ethyl adjacent to an activating group) is 1. The van der Waals surface area contributed by atoms with Crippen LogP contribution < -0.4 is 0 Å². The van der Waals surface area contributed by atoms with Crippen LogP contribution in [-0.4, -0.2) is 40.8 Å². The molecule has 0 spiro atoms. The van der Waals surface area contributed by atoms with Gasteiger partial charge in [-0.3, -0.25) is 0 Å². The summed E-state index contributed by atoms with van der Waals surface area (Å²) in [4.78, 5) is 13.2. The molecule has 1 N–H and O–H groups in total. The number of rotatable bonds is 3. The molecule has 0 radical (unpaired) electrons. The molecule has 1 aliphatic rings. The third kappa shape index (κ3) is 2.24. The molecular formula is C11H16N2O3. The Hall–Kier alpha value is -1.36. The van der Waals surface area contributed by atoms with Crippen molar-refractivity contribution in [2.75, 3.05) is 13.6 Å². The van der Waals surface area contributed by atoms with Crippen molar-refractivity contribution in [1.29, 1.82) is 0 Å². The van der Waals surface area contributed by atoms with Gasteiger partial charge in [0, 0.05) is 12.5 Å². The summed E-state index contributed by atoms with van der Waals surface area (Å²) < 4.78 is 5.02. The molecule has 1 fully saturated rings. The number of aromatic nitrogens is 1. The summed E-state index contributed by atoms with van der Waals surface area (Å²) in [6, 6.07) is 0.375. The number of carboxylic acids is 1. The van der Waals surface area contributed by atoms with Gasteiger partial charge in [-0.1, -0.05) is 11.6 Å². The first-order valence-electron chi connectivity index (χ1n) is 5.55. The molecule has 0 aromatic carbocycles. The van der Waals surface area contributed by atoms with E-state index in [0.717, 1.165) is 13.0 Å². The molecule has 1 aromatic rings.